The van der Waals surface area contributed by atoms with Crippen molar-refractivity contribution in [2.75, 3.05) is 39.6 Å². The Morgan fingerprint density at radius 1 is 0.274 bits per heavy atom. The maximum atomic E-state index is 13.2. The van der Waals surface area contributed by atoms with Crippen LogP contribution < -0.4 is 0 Å². The van der Waals surface area contributed by atoms with Crippen molar-refractivity contribution >= 4 is 39.5 Å². The standard InChI is InChI=1S/C87H170O17P2/c1-7-10-12-14-16-18-20-21-22-23-27-30-33-40-46-52-58-64-70-85(90)98-76-83(103-86(91)71-65-59-53-47-41-34-31-28-25-24-26-29-32-39-44-50-56-62-68-80(6)9-3)78-102-106(95,96)100-74-81(88)73-99-105(93,94)101-77-82(75-97-84(89)69-63-57-51-45-37-19-17-15-13-11-8-2)104-87(92)72-66-60-54-48-42-36-35-38-43-49-55-61-67-79(4)5/h79-83,88H,7-78H2,1-6H3,(H,93,94)(H,95,96)/t80?,81-,82+,83+/m0/s1. The fourth-order valence-electron chi connectivity index (χ4n) is 13.6. The molecule has 630 valence electrons. The average molecular weight is 1550 g/mol. The van der Waals surface area contributed by atoms with Crippen molar-refractivity contribution in [2.24, 2.45) is 11.8 Å². The van der Waals surface area contributed by atoms with Crippen molar-refractivity contribution in [3.05, 3.63) is 0 Å². The van der Waals surface area contributed by atoms with Crippen molar-refractivity contribution in [1.29, 1.82) is 0 Å². The highest BCUT2D eigenvalue weighted by atomic mass is 31.2. The number of esters is 4. The molecule has 0 radical (unpaired) electrons. The van der Waals surface area contributed by atoms with Crippen LogP contribution >= 0.6 is 15.6 Å². The van der Waals surface area contributed by atoms with Crippen LogP contribution in [0, 0.1) is 11.8 Å². The summed E-state index contributed by atoms with van der Waals surface area (Å²) in [7, 11) is -9.93. The number of phosphoric acid groups is 2. The first-order chi connectivity index (χ1) is 51.4. The van der Waals surface area contributed by atoms with E-state index in [1.807, 2.05) is 0 Å². The number of carbonyl (C=O) groups is 4. The van der Waals surface area contributed by atoms with Crippen LogP contribution in [0.1, 0.15) is 465 Å². The minimum atomic E-state index is -4.97. The highest BCUT2D eigenvalue weighted by molar-refractivity contribution is 7.47. The van der Waals surface area contributed by atoms with E-state index in [1.54, 1.807) is 0 Å². The summed E-state index contributed by atoms with van der Waals surface area (Å²) in [5, 5.41) is 10.7. The van der Waals surface area contributed by atoms with Crippen LogP contribution in [0.15, 0.2) is 0 Å². The van der Waals surface area contributed by atoms with Crippen molar-refractivity contribution < 1.29 is 80.2 Å². The van der Waals surface area contributed by atoms with Crippen LogP contribution in [-0.2, 0) is 65.4 Å². The lowest BCUT2D eigenvalue weighted by Crippen LogP contribution is -2.30. The Morgan fingerprint density at radius 2 is 0.481 bits per heavy atom. The Bertz CT molecular complexity index is 2030. The van der Waals surface area contributed by atoms with Gasteiger partial charge in [-0.1, -0.05) is 414 Å². The first-order valence-electron chi connectivity index (χ1n) is 45.0. The third kappa shape index (κ3) is 78.7. The topological polar surface area (TPSA) is 237 Å². The summed E-state index contributed by atoms with van der Waals surface area (Å²) in [5.41, 5.74) is 0. The molecule has 0 heterocycles. The second-order valence-electron chi connectivity index (χ2n) is 32.0. The number of carbonyl (C=O) groups excluding carboxylic acids is 4. The molecule has 0 spiro atoms. The molecule has 0 aromatic rings. The Hall–Kier alpha value is -1.94. The van der Waals surface area contributed by atoms with E-state index in [0.717, 1.165) is 102 Å². The maximum absolute atomic E-state index is 13.2. The summed E-state index contributed by atoms with van der Waals surface area (Å²) in [5.74, 6) is -0.452. The van der Waals surface area contributed by atoms with Crippen molar-refractivity contribution in [2.45, 2.75) is 484 Å². The lowest BCUT2D eigenvalue weighted by molar-refractivity contribution is -0.161. The van der Waals surface area contributed by atoms with Gasteiger partial charge in [-0.2, -0.15) is 0 Å². The van der Waals surface area contributed by atoms with Gasteiger partial charge in [0.05, 0.1) is 26.4 Å². The van der Waals surface area contributed by atoms with Gasteiger partial charge in [0.1, 0.15) is 19.3 Å². The van der Waals surface area contributed by atoms with Gasteiger partial charge in [0.2, 0.25) is 0 Å². The summed E-state index contributed by atoms with van der Waals surface area (Å²) in [6.07, 6.45) is 70.7. The van der Waals surface area contributed by atoms with Gasteiger partial charge in [0, 0.05) is 25.7 Å². The predicted molar refractivity (Wildman–Crippen MR) is 437 cm³/mol. The first-order valence-corrected chi connectivity index (χ1v) is 48.0. The van der Waals surface area contributed by atoms with Crippen LogP contribution in [0.5, 0.6) is 0 Å². The number of aliphatic hydroxyl groups excluding tert-OH is 1. The number of unbranched alkanes of at least 4 members (excludes halogenated alkanes) is 55. The predicted octanol–water partition coefficient (Wildman–Crippen LogP) is 26.6. The molecular weight excluding hydrogens is 1380 g/mol. The Kier molecular flexibility index (Phi) is 76.9. The van der Waals surface area contributed by atoms with Gasteiger partial charge in [-0.3, -0.25) is 37.3 Å². The molecule has 19 heteroatoms. The zero-order valence-electron chi connectivity index (χ0n) is 69.7. The number of hydrogen-bond donors (Lipinski definition) is 3. The van der Waals surface area contributed by atoms with Crippen LogP contribution in [0.25, 0.3) is 0 Å². The molecule has 106 heavy (non-hydrogen) atoms. The lowest BCUT2D eigenvalue weighted by Gasteiger charge is -2.21. The van der Waals surface area contributed by atoms with Gasteiger partial charge >= 0.3 is 39.5 Å². The second-order valence-corrected chi connectivity index (χ2v) is 34.9. The zero-order chi connectivity index (χ0) is 77.8. The van der Waals surface area contributed by atoms with E-state index in [0.29, 0.717) is 25.7 Å². The van der Waals surface area contributed by atoms with Crippen molar-refractivity contribution in [3.63, 3.8) is 0 Å². The molecule has 17 nitrogen and oxygen atoms in total. The molecule has 6 atom stereocenters. The third-order valence-electron chi connectivity index (χ3n) is 20.8. The first kappa shape index (κ1) is 104. The van der Waals surface area contributed by atoms with Gasteiger partial charge in [-0.05, 0) is 37.5 Å². The third-order valence-corrected chi connectivity index (χ3v) is 22.7. The summed E-state index contributed by atoms with van der Waals surface area (Å²) < 4.78 is 68.9. The highest BCUT2D eigenvalue weighted by Crippen LogP contribution is 2.45. The van der Waals surface area contributed by atoms with Gasteiger partial charge in [0.25, 0.3) is 0 Å². The number of rotatable bonds is 86. The zero-order valence-corrected chi connectivity index (χ0v) is 71.5. The molecule has 0 bridgehead atoms. The van der Waals surface area contributed by atoms with Gasteiger partial charge in [0.15, 0.2) is 12.2 Å². The molecule has 0 aromatic carbocycles. The number of hydrogen-bond acceptors (Lipinski definition) is 15. The van der Waals surface area contributed by atoms with Crippen LogP contribution in [0.2, 0.25) is 0 Å². The summed E-state index contributed by atoms with van der Waals surface area (Å²) in [6.45, 7) is 9.75. The highest BCUT2D eigenvalue weighted by Gasteiger charge is 2.30. The normalized spacial score (nSPS) is 14.1. The molecular formula is C87H170O17P2. The van der Waals surface area contributed by atoms with E-state index in [2.05, 4.69) is 41.5 Å². The quantitative estimate of drug-likeness (QED) is 0.0222. The molecule has 0 saturated carbocycles. The fourth-order valence-corrected chi connectivity index (χ4v) is 15.1. The fraction of sp³-hybridized carbons (Fsp3) is 0.954. The molecule has 0 aliphatic heterocycles. The summed E-state index contributed by atoms with van der Waals surface area (Å²) >= 11 is 0. The Labute approximate surface area is 651 Å². The van der Waals surface area contributed by atoms with E-state index in [9.17, 15) is 43.2 Å². The molecule has 0 aliphatic carbocycles. The SMILES string of the molecule is CCCCCCCCCCCCCCCCCCCCC(=O)OC[C@H](COP(=O)(O)OC[C@@H](O)COP(=O)(O)OC[C@@H](COC(=O)CCCCCCCCCCCCC)OC(=O)CCCCCCCCCCCCCCC(C)C)OC(=O)CCCCCCCCCCCCCCCCCCCCC(C)CC. The minimum absolute atomic E-state index is 0.107. The van der Waals surface area contributed by atoms with Crippen LogP contribution in [0.3, 0.4) is 0 Å². The molecule has 0 fully saturated rings. The Balaban J connectivity index is 5.23. The molecule has 0 aromatic heterocycles. The summed E-state index contributed by atoms with van der Waals surface area (Å²) in [6, 6.07) is 0. The van der Waals surface area contributed by atoms with E-state index >= 15 is 0 Å². The number of ether oxygens (including phenoxy) is 4. The van der Waals surface area contributed by atoms with Crippen LogP contribution in [0.4, 0.5) is 0 Å². The molecule has 3 N–H and O–H groups in total. The molecule has 0 aliphatic rings. The van der Waals surface area contributed by atoms with Crippen molar-refractivity contribution in [1.82, 2.24) is 0 Å². The van der Waals surface area contributed by atoms with E-state index in [4.69, 9.17) is 37.0 Å². The van der Waals surface area contributed by atoms with E-state index in [1.165, 1.54) is 283 Å². The van der Waals surface area contributed by atoms with E-state index < -0.39 is 97.5 Å². The summed E-state index contributed by atoms with van der Waals surface area (Å²) in [4.78, 5) is 73.2. The van der Waals surface area contributed by atoms with E-state index in [-0.39, 0.29) is 25.7 Å². The number of phosphoric ester groups is 2. The maximum Gasteiger partial charge on any atom is 0.472 e. The largest absolute Gasteiger partial charge is 0.472 e. The lowest BCUT2D eigenvalue weighted by atomic mass is 9.99. The average Bonchev–Trinajstić information content (AvgIpc) is 0.908. The molecule has 3 unspecified atom stereocenters. The monoisotopic (exact) mass is 1550 g/mol. The smallest absolute Gasteiger partial charge is 0.462 e. The van der Waals surface area contributed by atoms with Gasteiger partial charge < -0.3 is 33.8 Å². The molecule has 0 rings (SSSR count). The van der Waals surface area contributed by atoms with Gasteiger partial charge in [-0.15, -0.1) is 0 Å². The molecule has 0 amide bonds. The van der Waals surface area contributed by atoms with Crippen LogP contribution in [-0.4, -0.2) is 96.7 Å². The minimum Gasteiger partial charge on any atom is -0.462 e. The van der Waals surface area contributed by atoms with Gasteiger partial charge in [-0.25, -0.2) is 9.13 Å². The number of aliphatic hydroxyl groups is 1. The molecule has 0 saturated heterocycles. The second kappa shape index (κ2) is 78.3. The van der Waals surface area contributed by atoms with Crippen molar-refractivity contribution in [3.8, 4) is 0 Å². The Morgan fingerprint density at radius 3 is 0.717 bits per heavy atom.